The number of hydrogen-bond acceptors (Lipinski definition) is 5. The number of aromatic nitrogens is 2. The van der Waals surface area contributed by atoms with Crippen LogP contribution in [0.1, 0.15) is 39.1 Å². The Morgan fingerprint density at radius 2 is 1.55 bits per heavy atom. The SMILES string of the molecule is O=C(c1ccccc1)c1ccccc1C(=O)N1CCC(Oc2cccnn2)CC1. The highest BCUT2D eigenvalue weighted by molar-refractivity contribution is 6.15. The van der Waals surface area contributed by atoms with E-state index >= 15 is 0 Å². The normalized spacial score (nSPS) is 14.4. The van der Waals surface area contributed by atoms with E-state index in [-0.39, 0.29) is 17.8 Å². The molecule has 6 nitrogen and oxygen atoms in total. The summed E-state index contributed by atoms with van der Waals surface area (Å²) in [6.07, 6.45) is 3.01. The average molecular weight is 387 g/mol. The Morgan fingerprint density at radius 1 is 0.862 bits per heavy atom. The van der Waals surface area contributed by atoms with Crippen molar-refractivity contribution in [2.45, 2.75) is 18.9 Å². The second-order valence-electron chi connectivity index (χ2n) is 6.91. The molecule has 1 fully saturated rings. The van der Waals surface area contributed by atoms with Crippen molar-refractivity contribution in [2.24, 2.45) is 0 Å². The molecule has 0 bridgehead atoms. The fourth-order valence-corrected chi connectivity index (χ4v) is 3.48. The highest BCUT2D eigenvalue weighted by Gasteiger charge is 2.27. The lowest BCUT2D eigenvalue weighted by molar-refractivity contribution is 0.0583. The topological polar surface area (TPSA) is 72.4 Å². The molecule has 2 aromatic carbocycles. The van der Waals surface area contributed by atoms with Crippen LogP contribution in [-0.4, -0.2) is 46.0 Å². The van der Waals surface area contributed by atoms with Gasteiger partial charge in [0.25, 0.3) is 5.91 Å². The molecule has 1 aliphatic rings. The molecule has 1 amide bonds. The minimum atomic E-state index is -0.143. The number of hydrogen-bond donors (Lipinski definition) is 0. The maximum Gasteiger partial charge on any atom is 0.254 e. The van der Waals surface area contributed by atoms with Gasteiger partial charge in [-0.05, 0) is 12.1 Å². The summed E-state index contributed by atoms with van der Waals surface area (Å²) in [6.45, 7) is 1.13. The number of benzene rings is 2. The van der Waals surface area contributed by atoms with Gasteiger partial charge in [-0.3, -0.25) is 9.59 Å². The Balaban J connectivity index is 1.45. The van der Waals surface area contributed by atoms with Crippen molar-refractivity contribution >= 4 is 11.7 Å². The first kappa shape index (κ1) is 18.8. The van der Waals surface area contributed by atoms with Gasteiger partial charge in [0.1, 0.15) is 6.10 Å². The third kappa shape index (κ3) is 4.32. The third-order valence-electron chi connectivity index (χ3n) is 5.00. The number of ether oxygens (including phenoxy) is 1. The molecule has 29 heavy (non-hydrogen) atoms. The molecule has 0 radical (unpaired) electrons. The van der Waals surface area contributed by atoms with Gasteiger partial charge < -0.3 is 9.64 Å². The molecule has 4 rings (SSSR count). The van der Waals surface area contributed by atoms with Crippen molar-refractivity contribution in [3.63, 3.8) is 0 Å². The van der Waals surface area contributed by atoms with Crippen LogP contribution in [0.25, 0.3) is 0 Å². The third-order valence-corrected chi connectivity index (χ3v) is 5.00. The van der Waals surface area contributed by atoms with Crippen LogP contribution in [-0.2, 0) is 0 Å². The van der Waals surface area contributed by atoms with Crippen LogP contribution in [0.5, 0.6) is 5.88 Å². The first-order chi connectivity index (χ1) is 14.2. The predicted molar refractivity (Wildman–Crippen MR) is 108 cm³/mol. The minimum absolute atomic E-state index is 0.00283. The van der Waals surface area contributed by atoms with Crippen molar-refractivity contribution in [1.29, 1.82) is 0 Å². The molecule has 1 aromatic heterocycles. The molecular formula is C23H21N3O3. The van der Waals surface area contributed by atoms with Gasteiger partial charge in [-0.25, -0.2) is 0 Å². The molecular weight excluding hydrogens is 366 g/mol. The van der Waals surface area contributed by atoms with Gasteiger partial charge in [-0.2, -0.15) is 5.10 Å². The van der Waals surface area contributed by atoms with Gasteiger partial charge in [0.2, 0.25) is 5.88 Å². The minimum Gasteiger partial charge on any atom is -0.473 e. The fourth-order valence-electron chi connectivity index (χ4n) is 3.48. The summed E-state index contributed by atoms with van der Waals surface area (Å²) in [5, 5.41) is 7.76. The summed E-state index contributed by atoms with van der Waals surface area (Å²) in [6, 6.07) is 19.6. The maximum atomic E-state index is 13.1. The molecule has 0 unspecified atom stereocenters. The van der Waals surface area contributed by atoms with E-state index in [0.717, 1.165) is 0 Å². The lowest BCUT2D eigenvalue weighted by atomic mass is 9.97. The smallest absolute Gasteiger partial charge is 0.254 e. The van der Waals surface area contributed by atoms with Crippen molar-refractivity contribution in [3.05, 3.63) is 89.6 Å². The molecule has 0 saturated carbocycles. The van der Waals surface area contributed by atoms with Gasteiger partial charge in [-0.15, -0.1) is 5.10 Å². The van der Waals surface area contributed by atoms with Gasteiger partial charge >= 0.3 is 0 Å². The molecule has 6 heteroatoms. The Bertz CT molecular complexity index is 985. The number of carbonyl (C=O) groups is 2. The van der Waals surface area contributed by atoms with Crippen molar-refractivity contribution in [2.75, 3.05) is 13.1 Å². The van der Waals surface area contributed by atoms with Crippen molar-refractivity contribution in [3.8, 4) is 5.88 Å². The number of likely N-dealkylation sites (tertiary alicyclic amines) is 1. The van der Waals surface area contributed by atoms with Gasteiger partial charge in [-0.1, -0.05) is 48.5 Å². The van der Waals surface area contributed by atoms with Crippen LogP contribution in [0.3, 0.4) is 0 Å². The van der Waals surface area contributed by atoms with Crippen molar-refractivity contribution < 1.29 is 14.3 Å². The maximum absolute atomic E-state index is 13.1. The van der Waals surface area contributed by atoms with E-state index in [4.69, 9.17) is 4.74 Å². The number of rotatable bonds is 5. The molecule has 2 heterocycles. The molecule has 3 aromatic rings. The van der Waals surface area contributed by atoms with Crippen LogP contribution in [0.15, 0.2) is 72.9 Å². The Labute approximate surface area is 169 Å². The van der Waals surface area contributed by atoms with Crippen LogP contribution in [0.4, 0.5) is 0 Å². The molecule has 0 aliphatic carbocycles. The lowest BCUT2D eigenvalue weighted by Crippen LogP contribution is -2.42. The van der Waals surface area contributed by atoms with Gasteiger partial charge in [0.05, 0.1) is 5.56 Å². The average Bonchev–Trinajstić information content (AvgIpc) is 2.80. The largest absolute Gasteiger partial charge is 0.473 e. The zero-order valence-electron chi connectivity index (χ0n) is 15.9. The van der Waals surface area contributed by atoms with Crippen LogP contribution in [0.2, 0.25) is 0 Å². The van der Waals surface area contributed by atoms with E-state index in [1.54, 1.807) is 59.6 Å². The zero-order valence-corrected chi connectivity index (χ0v) is 15.9. The van der Waals surface area contributed by atoms with Gasteiger partial charge in [0, 0.05) is 49.3 Å². The first-order valence-corrected chi connectivity index (χ1v) is 9.65. The molecule has 1 aliphatic heterocycles. The predicted octanol–water partition coefficient (Wildman–Crippen LogP) is 3.39. The number of ketones is 1. The summed E-state index contributed by atoms with van der Waals surface area (Å²) in [5.41, 5.74) is 1.44. The van der Waals surface area contributed by atoms with E-state index in [2.05, 4.69) is 10.2 Å². The van der Waals surface area contributed by atoms with Crippen molar-refractivity contribution in [1.82, 2.24) is 15.1 Å². The second kappa shape index (κ2) is 8.65. The Hall–Kier alpha value is -3.54. The number of nitrogens with zero attached hydrogens (tertiary/aromatic N) is 3. The number of carbonyl (C=O) groups excluding carboxylic acids is 2. The quantitative estimate of drug-likeness (QED) is 0.628. The van der Waals surface area contributed by atoms with E-state index in [9.17, 15) is 9.59 Å². The summed E-state index contributed by atoms with van der Waals surface area (Å²) >= 11 is 0. The van der Waals surface area contributed by atoms with Crippen LogP contribution in [0, 0.1) is 0 Å². The fraction of sp³-hybridized carbons (Fsp3) is 0.217. The van der Waals surface area contributed by atoms with E-state index in [1.807, 2.05) is 18.2 Å². The molecule has 1 saturated heterocycles. The Kier molecular flexibility index (Phi) is 5.61. The number of piperidine rings is 1. The highest BCUT2D eigenvalue weighted by Crippen LogP contribution is 2.21. The summed E-state index contributed by atoms with van der Waals surface area (Å²) in [5.74, 6) is 0.231. The second-order valence-corrected chi connectivity index (χ2v) is 6.91. The molecule has 0 spiro atoms. The summed E-state index contributed by atoms with van der Waals surface area (Å²) in [4.78, 5) is 27.8. The highest BCUT2D eigenvalue weighted by atomic mass is 16.5. The first-order valence-electron chi connectivity index (χ1n) is 9.65. The van der Waals surface area contributed by atoms with Crippen LogP contribution >= 0.6 is 0 Å². The Morgan fingerprint density at radius 3 is 2.24 bits per heavy atom. The standard InChI is InChI=1S/C23H21N3O3/c27-22(17-7-2-1-3-8-17)19-9-4-5-10-20(19)23(28)26-15-12-18(13-16-26)29-21-11-6-14-24-25-21/h1-11,14,18H,12-13,15-16H2. The summed E-state index contributed by atoms with van der Waals surface area (Å²) in [7, 11) is 0. The lowest BCUT2D eigenvalue weighted by Gasteiger charge is -2.32. The zero-order chi connectivity index (χ0) is 20.1. The molecule has 0 atom stereocenters. The van der Waals surface area contributed by atoms with Crippen LogP contribution < -0.4 is 4.74 Å². The van der Waals surface area contributed by atoms with Gasteiger partial charge in [0.15, 0.2) is 5.78 Å². The monoisotopic (exact) mass is 387 g/mol. The molecule has 0 N–H and O–H groups in total. The van der Waals surface area contributed by atoms with E-state index < -0.39 is 0 Å². The van der Waals surface area contributed by atoms with E-state index in [1.165, 1.54) is 0 Å². The number of amides is 1. The van der Waals surface area contributed by atoms with E-state index in [0.29, 0.717) is 48.5 Å². The molecule has 146 valence electrons. The summed E-state index contributed by atoms with van der Waals surface area (Å²) < 4.78 is 5.84.